The second-order valence-corrected chi connectivity index (χ2v) is 3.34. The average Bonchev–Trinajstić information content (AvgIpc) is 2.51. The van der Waals surface area contributed by atoms with E-state index in [1.54, 1.807) is 18.2 Å². The van der Waals surface area contributed by atoms with Crippen molar-refractivity contribution in [1.82, 2.24) is 5.32 Å². The van der Waals surface area contributed by atoms with Crippen LogP contribution < -0.4 is 5.32 Å². The number of phenols is 1. The molecule has 1 heterocycles. The molecule has 4 nitrogen and oxygen atoms in total. The molecule has 1 atom stereocenters. The molecule has 0 saturated carbocycles. The van der Waals surface area contributed by atoms with Crippen LogP contribution in [0.1, 0.15) is 17.2 Å². The number of ether oxygens (including phenoxy) is 1. The molecule has 1 saturated heterocycles. The second-order valence-electron chi connectivity index (χ2n) is 3.34. The summed E-state index contributed by atoms with van der Waals surface area (Å²) in [6.07, 6.45) is -0.387. The van der Waals surface area contributed by atoms with Gasteiger partial charge in [-0.1, -0.05) is 6.07 Å². The Morgan fingerprint density at radius 2 is 2.36 bits per heavy atom. The normalized spacial score (nSPS) is 20.4. The number of phenolic OH excluding ortho intramolecular Hbond substituents is 1. The number of hydrogen-bond donors (Lipinski definition) is 2. The molecule has 1 aromatic carbocycles. The highest BCUT2D eigenvalue weighted by molar-refractivity contribution is 5.70. The van der Waals surface area contributed by atoms with Crippen LogP contribution in [0.15, 0.2) is 18.2 Å². The van der Waals surface area contributed by atoms with Gasteiger partial charge in [0.05, 0.1) is 6.04 Å². The summed E-state index contributed by atoms with van der Waals surface area (Å²) in [5.74, 6) is 0.233. The van der Waals surface area contributed by atoms with E-state index < -0.39 is 0 Å². The molecule has 1 unspecified atom stereocenters. The van der Waals surface area contributed by atoms with E-state index >= 15 is 0 Å². The highest BCUT2D eigenvalue weighted by Gasteiger charge is 2.24. The van der Waals surface area contributed by atoms with Crippen molar-refractivity contribution in [3.8, 4) is 5.75 Å². The number of hydrogen-bond acceptors (Lipinski definition) is 3. The van der Waals surface area contributed by atoms with Crippen LogP contribution in [0, 0.1) is 6.92 Å². The number of alkyl carbamates (subject to hydrolysis) is 1. The minimum atomic E-state index is -0.387. The maximum Gasteiger partial charge on any atom is 0.407 e. The first-order chi connectivity index (χ1) is 6.66. The molecule has 0 aliphatic carbocycles. The first kappa shape index (κ1) is 8.87. The van der Waals surface area contributed by atoms with E-state index in [1.165, 1.54) is 0 Å². The summed E-state index contributed by atoms with van der Waals surface area (Å²) in [6, 6.07) is 4.97. The van der Waals surface area contributed by atoms with Crippen LogP contribution in [0.3, 0.4) is 0 Å². The van der Waals surface area contributed by atoms with Crippen molar-refractivity contribution in [3.05, 3.63) is 29.3 Å². The lowest BCUT2D eigenvalue weighted by molar-refractivity contribution is 0.177. The molecule has 2 N–H and O–H groups in total. The van der Waals surface area contributed by atoms with Gasteiger partial charge in [-0.2, -0.15) is 0 Å². The third kappa shape index (κ3) is 1.51. The van der Waals surface area contributed by atoms with E-state index in [4.69, 9.17) is 4.74 Å². The maximum atomic E-state index is 10.8. The lowest BCUT2D eigenvalue weighted by Gasteiger charge is -2.10. The zero-order chi connectivity index (χ0) is 10.1. The van der Waals surface area contributed by atoms with E-state index in [1.807, 2.05) is 6.92 Å². The van der Waals surface area contributed by atoms with Crippen molar-refractivity contribution < 1.29 is 14.6 Å². The molecule has 1 amide bonds. The summed E-state index contributed by atoms with van der Waals surface area (Å²) in [6.45, 7) is 2.24. The topological polar surface area (TPSA) is 58.6 Å². The van der Waals surface area contributed by atoms with Gasteiger partial charge in [0.2, 0.25) is 0 Å². The van der Waals surface area contributed by atoms with Crippen LogP contribution in [0.4, 0.5) is 4.79 Å². The Bertz CT molecular complexity index is 376. The Hall–Kier alpha value is -1.71. The van der Waals surface area contributed by atoms with Gasteiger partial charge in [-0.15, -0.1) is 0 Å². The minimum Gasteiger partial charge on any atom is -0.508 e. The molecule has 74 valence electrons. The Kier molecular flexibility index (Phi) is 2.04. The number of carbonyl (C=O) groups is 1. The molecule has 0 spiro atoms. The summed E-state index contributed by atoms with van der Waals surface area (Å²) < 4.78 is 4.79. The summed E-state index contributed by atoms with van der Waals surface area (Å²) >= 11 is 0. The molecule has 0 bridgehead atoms. The van der Waals surface area contributed by atoms with Gasteiger partial charge < -0.3 is 15.2 Å². The van der Waals surface area contributed by atoms with Gasteiger partial charge in [0.25, 0.3) is 0 Å². The van der Waals surface area contributed by atoms with Crippen molar-refractivity contribution in [2.24, 2.45) is 0 Å². The fraction of sp³-hybridized carbons (Fsp3) is 0.300. The van der Waals surface area contributed by atoms with Crippen molar-refractivity contribution in [2.45, 2.75) is 13.0 Å². The Morgan fingerprint density at radius 1 is 1.57 bits per heavy atom. The predicted octanol–water partition coefficient (Wildman–Crippen LogP) is 1.48. The van der Waals surface area contributed by atoms with E-state index in [0.717, 1.165) is 11.1 Å². The fourth-order valence-electron chi connectivity index (χ4n) is 1.60. The monoisotopic (exact) mass is 193 g/mol. The zero-order valence-corrected chi connectivity index (χ0v) is 7.78. The second kappa shape index (κ2) is 3.21. The highest BCUT2D eigenvalue weighted by Crippen LogP contribution is 2.24. The summed E-state index contributed by atoms with van der Waals surface area (Å²) in [7, 11) is 0. The molecular weight excluding hydrogens is 182 g/mol. The molecule has 4 heteroatoms. The van der Waals surface area contributed by atoms with Gasteiger partial charge in [0.15, 0.2) is 0 Å². The quantitative estimate of drug-likeness (QED) is 0.710. The largest absolute Gasteiger partial charge is 0.508 e. The Labute approximate surface area is 81.5 Å². The number of benzene rings is 1. The third-order valence-corrected chi connectivity index (χ3v) is 2.30. The van der Waals surface area contributed by atoms with Gasteiger partial charge in [-0.3, -0.25) is 0 Å². The standard InChI is InChI=1S/C10H11NO3/c1-6-4-7(12)2-3-8(6)9-5-14-10(13)11-9/h2-4,9,12H,5H2,1H3,(H,11,13). The smallest absolute Gasteiger partial charge is 0.407 e. The fourth-order valence-corrected chi connectivity index (χ4v) is 1.60. The molecule has 0 radical (unpaired) electrons. The van der Waals surface area contributed by atoms with E-state index in [2.05, 4.69) is 5.32 Å². The molecular formula is C10H11NO3. The van der Waals surface area contributed by atoms with E-state index in [0.29, 0.717) is 6.61 Å². The number of aryl methyl sites for hydroxylation is 1. The zero-order valence-electron chi connectivity index (χ0n) is 7.78. The number of aromatic hydroxyl groups is 1. The molecule has 1 aliphatic heterocycles. The Balaban J connectivity index is 2.28. The van der Waals surface area contributed by atoms with Gasteiger partial charge in [0, 0.05) is 0 Å². The first-order valence-corrected chi connectivity index (χ1v) is 4.39. The molecule has 1 aliphatic rings. The molecule has 1 aromatic rings. The number of amides is 1. The SMILES string of the molecule is Cc1cc(O)ccc1C1COC(=O)N1. The van der Waals surface area contributed by atoms with Crippen molar-refractivity contribution in [1.29, 1.82) is 0 Å². The lowest BCUT2D eigenvalue weighted by Crippen LogP contribution is -2.18. The first-order valence-electron chi connectivity index (χ1n) is 4.39. The van der Waals surface area contributed by atoms with Crippen LogP contribution in [-0.2, 0) is 4.74 Å². The summed E-state index contributed by atoms with van der Waals surface area (Å²) in [4.78, 5) is 10.8. The van der Waals surface area contributed by atoms with Crippen LogP contribution in [-0.4, -0.2) is 17.8 Å². The van der Waals surface area contributed by atoms with Crippen LogP contribution >= 0.6 is 0 Å². The van der Waals surface area contributed by atoms with Gasteiger partial charge in [-0.25, -0.2) is 4.79 Å². The number of carbonyl (C=O) groups excluding carboxylic acids is 1. The van der Waals surface area contributed by atoms with Crippen molar-refractivity contribution >= 4 is 6.09 Å². The molecule has 0 aromatic heterocycles. The van der Waals surface area contributed by atoms with E-state index in [9.17, 15) is 9.90 Å². The van der Waals surface area contributed by atoms with Crippen LogP contribution in [0.2, 0.25) is 0 Å². The van der Waals surface area contributed by atoms with E-state index in [-0.39, 0.29) is 17.9 Å². The average molecular weight is 193 g/mol. The number of nitrogens with one attached hydrogen (secondary N) is 1. The van der Waals surface area contributed by atoms with Gasteiger partial charge in [-0.05, 0) is 30.2 Å². The molecule has 1 fully saturated rings. The molecule has 14 heavy (non-hydrogen) atoms. The highest BCUT2D eigenvalue weighted by atomic mass is 16.6. The minimum absolute atomic E-state index is 0.0944. The van der Waals surface area contributed by atoms with Gasteiger partial charge >= 0.3 is 6.09 Å². The number of rotatable bonds is 1. The summed E-state index contributed by atoms with van der Waals surface area (Å²) in [5, 5.41) is 11.9. The van der Waals surface area contributed by atoms with Gasteiger partial charge in [0.1, 0.15) is 12.4 Å². The maximum absolute atomic E-state index is 10.8. The molecule has 2 rings (SSSR count). The van der Waals surface area contributed by atoms with Crippen molar-refractivity contribution in [3.63, 3.8) is 0 Å². The van der Waals surface area contributed by atoms with Crippen molar-refractivity contribution in [2.75, 3.05) is 6.61 Å². The lowest BCUT2D eigenvalue weighted by atomic mass is 10.0. The number of cyclic esters (lactones) is 1. The van der Waals surface area contributed by atoms with Crippen LogP contribution in [0.25, 0.3) is 0 Å². The van der Waals surface area contributed by atoms with Crippen LogP contribution in [0.5, 0.6) is 5.75 Å². The third-order valence-electron chi connectivity index (χ3n) is 2.30. The predicted molar refractivity (Wildman–Crippen MR) is 50.1 cm³/mol. The summed E-state index contributed by atoms with van der Waals surface area (Å²) in [5.41, 5.74) is 1.93. The Morgan fingerprint density at radius 3 is 2.93 bits per heavy atom.